The number of nitrogens with zero attached hydrogens (tertiary/aromatic N) is 1. The molecule has 33 heavy (non-hydrogen) atoms. The molecule has 0 aliphatic heterocycles. The van der Waals surface area contributed by atoms with Crippen LogP contribution in [0.15, 0.2) is 78.9 Å². The van der Waals surface area contributed by atoms with E-state index in [0.29, 0.717) is 18.7 Å². The quantitative estimate of drug-likeness (QED) is 0.503. The third kappa shape index (κ3) is 7.17. The fourth-order valence-corrected chi connectivity index (χ4v) is 3.61. The molecule has 0 fully saturated rings. The summed E-state index contributed by atoms with van der Waals surface area (Å²) in [6.07, 6.45) is 0.376. The van der Waals surface area contributed by atoms with Crippen molar-refractivity contribution >= 4 is 11.8 Å². The molecule has 0 saturated heterocycles. The monoisotopic (exact) mass is 448 g/mol. The number of ether oxygens (including phenoxy) is 1. The number of carbonyl (C=O) groups excluding carboxylic acids is 2. The van der Waals surface area contributed by atoms with Crippen LogP contribution >= 0.6 is 0 Å². The maximum Gasteiger partial charge on any atom is 0.261 e. The van der Waals surface area contributed by atoms with Gasteiger partial charge in [0.15, 0.2) is 6.61 Å². The van der Waals surface area contributed by atoms with E-state index < -0.39 is 6.04 Å². The second-order valence-corrected chi connectivity index (χ2v) is 7.85. The number of hydrogen-bond donors (Lipinski definition) is 1. The molecule has 3 rings (SSSR count). The highest BCUT2D eigenvalue weighted by molar-refractivity contribution is 5.88. The molecule has 0 heterocycles. The maximum absolute atomic E-state index is 13.4. The second-order valence-electron chi connectivity index (χ2n) is 7.85. The molecule has 0 aliphatic rings. The van der Waals surface area contributed by atoms with Gasteiger partial charge in [-0.2, -0.15) is 0 Å². The Morgan fingerprint density at radius 3 is 2.33 bits per heavy atom. The summed E-state index contributed by atoms with van der Waals surface area (Å²) in [4.78, 5) is 28.0. The predicted molar refractivity (Wildman–Crippen MR) is 126 cm³/mol. The Kier molecular flexibility index (Phi) is 8.58. The van der Waals surface area contributed by atoms with Gasteiger partial charge in [-0.05, 0) is 49.2 Å². The van der Waals surface area contributed by atoms with Gasteiger partial charge in [0.25, 0.3) is 5.91 Å². The summed E-state index contributed by atoms with van der Waals surface area (Å²) in [6, 6.07) is 22.2. The number of amides is 2. The van der Waals surface area contributed by atoms with Crippen molar-refractivity contribution in [3.05, 3.63) is 101 Å². The number of aryl methyl sites for hydroxylation is 1. The van der Waals surface area contributed by atoms with Gasteiger partial charge in [0.1, 0.15) is 17.6 Å². The molecule has 0 aromatic heterocycles. The van der Waals surface area contributed by atoms with E-state index in [1.54, 1.807) is 4.90 Å². The van der Waals surface area contributed by atoms with E-state index in [9.17, 15) is 14.0 Å². The highest BCUT2D eigenvalue weighted by Crippen LogP contribution is 2.17. The van der Waals surface area contributed by atoms with Crippen molar-refractivity contribution in [2.75, 3.05) is 13.2 Å². The van der Waals surface area contributed by atoms with Gasteiger partial charge in [-0.15, -0.1) is 0 Å². The SMILES string of the molecule is CCNC(=O)[C@H](Cc1ccccc1)N(Cc1cccc(C)c1)C(=O)COc1ccc(F)cc1. The van der Waals surface area contributed by atoms with Crippen LogP contribution in [-0.2, 0) is 22.6 Å². The smallest absolute Gasteiger partial charge is 0.261 e. The first-order valence-electron chi connectivity index (χ1n) is 11.0. The van der Waals surface area contributed by atoms with Gasteiger partial charge in [0, 0.05) is 19.5 Å². The number of likely N-dealkylation sites (N-methyl/N-ethyl adjacent to an activating group) is 1. The fraction of sp³-hybridized carbons (Fsp3) is 0.259. The summed E-state index contributed by atoms with van der Waals surface area (Å²) >= 11 is 0. The van der Waals surface area contributed by atoms with Crippen molar-refractivity contribution in [1.29, 1.82) is 0 Å². The highest BCUT2D eigenvalue weighted by atomic mass is 19.1. The van der Waals surface area contributed by atoms with Gasteiger partial charge in [-0.25, -0.2) is 4.39 Å². The van der Waals surface area contributed by atoms with Gasteiger partial charge in [-0.1, -0.05) is 60.2 Å². The Balaban J connectivity index is 1.88. The number of benzene rings is 3. The molecule has 5 nitrogen and oxygen atoms in total. The first-order chi connectivity index (χ1) is 16.0. The number of carbonyl (C=O) groups is 2. The minimum atomic E-state index is -0.711. The molecular weight excluding hydrogens is 419 g/mol. The first-order valence-corrected chi connectivity index (χ1v) is 11.0. The van der Waals surface area contributed by atoms with Crippen molar-refractivity contribution in [1.82, 2.24) is 10.2 Å². The van der Waals surface area contributed by atoms with Crippen molar-refractivity contribution < 1.29 is 18.7 Å². The van der Waals surface area contributed by atoms with Gasteiger partial charge < -0.3 is 15.0 Å². The highest BCUT2D eigenvalue weighted by Gasteiger charge is 2.30. The summed E-state index contributed by atoms with van der Waals surface area (Å²) in [5.41, 5.74) is 2.95. The molecule has 6 heteroatoms. The van der Waals surface area contributed by atoms with Crippen LogP contribution in [0.4, 0.5) is 4.39 Å². The molecular formula is C27H29FN2O3. The molecule has 0 saturated carbocycles. The van der Waals surface area contributed by atoms with E-state index in [-0.39, 0.29) is 30.8 Å². The lowest BCUT2D eigenvalue weighted by atomic mass is 10.0. The molecule has 172 valence electrons. The van der Waals surface area contributed by atoms with Crippen LogP contribution in [0.25, 0.3) is 0 Å². The van der Waals surface area contributed by atoms with E-state index in [0.717, 1.165) is 16.7 Å². The molecule has 3 aromatic rings. The zero-order valence-corrected chi connectivity index (χ0v) is 19.0. The minimum absolute atomic E-state index is 0.218. The molecule has 0 bridgehead atoms. The Morgan fingerprint density at radius 1 is 0.970 bits per heavy atom. The van der Waals surface area contributed by atoms with Crippen LogP contribution in [-0.4, -0.2) is 35.9 Å². The minimum Gasteiger partial charge on any atom is -0.484 e. The first kappa shape index (κ1) is 24.0. The largest absolute Gasteiger partial charge is 0.484 e. The average Bonchev–Trinajstić information content (AvgIpc) is 2.81. The lowest BCUT2D eigenvalue weighted by Gasteiger charge is -2.31. The van der Waals surface area contributed by atoms with E-state index in [1.165, 1.54) is 24.3 Å². The van der Waals surface area contributed by atoms with Crippen molar-refractivity contribution in [2.24, 2.45) is 0 Å². The molecule has 0 aliphatic carbocycles. The van der Waals surface area contributed by atoms with E-state index in [1.807, 2.05) is 68.4 Å². The summed E-state index contributed by atoms with van der Waals surface area (Å²) < 4.78 is 18.8. The summed E-state index contributed by atoms with van der Waals surface area (Å²) in [7, 11) is 0. The second kappa shape index (κ2) is 11.8. The maximum atomic E-state index is 13.4. The van der Waals surface area contributed by atoms with Crippen LogP contribution < -0.4 is 10.1 Å². The van der Waals surface area contributed by atoms with Crippen LogP contribution in [0.3, 0.4) is 0 Å². The standard InChI is InChI=1S/C27H29FN2O3/c1-3-29-27(32)25(17-21-9-5-4-6-10-21)30(18-22-11-7-8-20(2)16-22)26(31)19-33-24-14-12-23(28)13-15-24/h4-16,25H,3,17-19H2,1-2H3,(H,29,32)/t25-/m0/s1. The normalized spacial score (nSPS) is 11.5. The fourth-order valence-electron chi connectivity index (χ4n) is 3.61. The van der Waals surface area contributed by atoms with Crippen molar-refractivity contribution in [3.63, 3.8) is 0 Å². The molecule has 1 N–H and O–H groups in total. The van der Waals surface area contributed by atoms with Crippen LogP contribution in [0.1, 0.15) is 23.6 Å². The molecule has 2 amide bonds. The zero-order chi connectivity index (χ0) is 23.6. The molecule has 0 radical (unpaired) electrons. The third-order valence-electron chi connectivity index (χ3n) is 5.23. The topological polar surface area (TPSA) is 58.6 Å². The Hall–Kier alpha value is -3.67. The Bertz CT molecular complexity index is 1050. The molecule has 1 atom stereocenters. The number of hydrogen-bond acceptors (Lipinski definition) is 3. The average molecular weight is 449 g/mol. The zero-order valence-electron chi connectivity index (χ0n) is 19.0. The van der Waals surface area contributed by atoms with E-state index >= 15 is 0 Å². The summed E-state index contributed by atoms with van der Waals surface area (Å²) in [5, 5.41) is 2.86. The molecule has 0 unspecified atom stereocenters. The number of nitrogens with one attached hydrogen (secondary N) is 1. The Morgan fingerprint density at radius 2 is 1.67 bits per heavy atom. The number of rotatable bonds is 10. The Labute approximate surface area is 194 Å². The lowest BCUT2D eigenvalue weighted by molar-refractivity contribution is -0.142. The predicted octanol–water partition coefficient (Wildman–Crippen LogP) is 4.29. The third-order valence-corrected chi connectivity index (χ3v) is 5.23. The van der Waals surface area contributed by atoms with Crippen molar-refractivity contribution in [2.45, 2.75) is 32.9 Å². The van der Waals surface area contributed by atoms with Crippen LogP contribution in [0, 0.1) is 12.7 Å². The molecule has 0 spiro atoms. The van der Waals surface area contributed by atoms with Crippen LogP contribution in [0.5, 0.6) is 5.75 Å². The van der Waals surface area contributed by atoms with Gasteiger partial charge in [-0.3, -0.25) is 9.59 Å². The van der Waals surface area contributed by atoms with Crippen molar-refractivity contribution in [3.8, 4) is 5.75 Å². The van der Waals surface area contributed by atoms with Crippen LogP contribution in [0.2, 0.25) is 0 Å². The summed E-state index contributed by atoms with van der Waals surface area (Å²) in [6.45, 7) is 4.30. The van der Waals surface area contributed by atoms with Gasteiger partial charge in [0.05, 0.1) is 0 Å². The van der Waals surface area contributed by atoms with Gasteiger partial charge in [0.2, 0.25) is 5.91 Å². The van der Waals surface area contributed by atoms with Gasteiger partial charge >= 0.3 is 0 Å². The van der Waals surface area contributed by atoms with E-state index in [2.05, 4.69) is 5.32 Å². The summed E-state index contributed by atoms with van der Waals surface area (Å²) in [5.74, 6) is -0.538. The molecule has 3 aromatic carbocycles. The van der Waals surface area contributed by atoms with E-state index in [4.69, 9.17) is 4.74 Å². The lowest BCUT2D eigenvalue weighted by Crippen LogP contribution is -2.51. The number of halogens is 1.